The van der Waals surface area contributed by atoms with Crippen LogP contribution in [0.15, 0.2) is 33.4 Å². The van der Waals surface area contributed by atoms with Crippen LogP contribution in [-0.4, -0.2) is 0 Å². The zero-order chi connectivity index (χ0) is 9.38. The molecule has 0 radical (unpaired) electrons. The first-order valence-electron chi connectivity index (χ1n) is 3.81. The summed E-state index contributed by atoms with van der Waals surface area (Å²) >= 11 is 1.91. The molecule has 0 spiro atoms. The second-order valence-electron chi connectivity index (χ2n) is 2.59. The zero-order valence-electron chi connectivity index (χ0n) is 6.76. The summed E-state index contributed by atoms with van der Waals surface area (Å²) in [7, 11) is 9.36. The Morgan fingerprint density at radius 3 is 2.71 bits per heavy atom. The minimum atomic E-state index is 1.41. The van der Waals surface area contributed by atoms with E-state index in [2.05, 4.69) is 24.3 Å². The van der Waals surface area contributed by atoms with Crippen LogP contribution in [0.25, 0.3) is 10.1 Å². The first-order valence-corrected chi connectivity index (χ1v) is 10.8. The van der Waals surface area contributed by atoms with Gasteiger partial charge >= 0.3 is 0 Å². The van der Waals surface area contributed by atoms with E-state index in [-0.39, 0.29) is 0 Å². The summed E-state index contributed by atoms with van der Waals surface area (Å²) in [6.07, 6.45) is 0. The maximum absolute atomic E-state index is 2.22. The van der Waals surface area contributed by atoms with Gasteiger partial charge in [-0.1, -0.05) is 18.2 Å². The fraction of sp³-hybridized carbons (Fsp3) is 0. The third-order valence-electron chi connectivity index (χ3n) is 1.80. The van der Waals surface area contributed by atoms with Gasteiger partial charge in [-0.05, 0) is 57.1 Å². The predicted molar refractivity (Wildman–Crippen MR) is 76.3 cm³/mol. The lowest BCUT2D eigenvalue weighted by molar-refractivity contribution is 1.47. The van der Waals surface area contributed by atoms with Crippen molar-refractivity contribution in [3.63, 3.8) is 0 Å². The van der Waals surface area contributed by atoms with Crippen LogP contribution in [0.5, 0.6) is 0 Å². The Balaban J connectivity index is 2.24. The number of hydrogen-bond donors (Lipinski definition) is 0. The van der Waals surface area contributed by atoms with Crippen LogP contribution in [0.3, 0.4) is 0 Å². The van der Waals surface area contributed by atoms with E-state index in [0.717, 1.165) is 0 Å². The van der Waals surface area contributed by atoms with Gasteiger partial charge in [-0.15, -0.1) is 11.3 Å². The van der Waals surface area contributed by atoms with Crippen molar-refractivity contribution >= 4 is 72.5 Å². The molecule has 0 nitrogen and oxygen atoms in total. The molecule has 1 aliphatic rings. The van der Waals surface area contributed by atoms with Gasteiger partial charge in [-0.25, -0.2) is 0 Å². The van der Waals surface area contributed by atoms with Crippen molar-refractivity contribution in [1.29, 1.82) is 0 Å². The maximum Gasteiger partial charge on any atom is 0.0872 e. The number of rotatable bonds is 0. The standard InChI is InChI=1S/C8H4S6/c1-2-4-6-5(3-1)7-8(9-6)11-13-14-12-10-7/h1-4H. The summed E-state index contributed by atoms with van der Waals surface area (Å²) in [5.41, 5.74) is 0. The van der Waals surface area contributed by atoms with Crippen LogP contribution in [-0.2, 0) is 0 Å². The average Bonchev–Trinajstić information content (AvgIpc) is 2.42. The summed E-state index contributed by atoms with van der Waals surface area (Å²) in [6, 6.07) is 8.66. The van der Waals surface area contributed by atoms with Crippen molar-refractivity contribution in [2.45, 2.75) is 9.10 Å². The van der Waals surface area contributed by atoms with Gasteiger partial charge in [0.1, 0.15) is 0 Å². The summed E-state index contributed by atoms with van der Waals surface area (Å²) in [6.45, 7) is 0. The van der Waals surface area contributed by atoms with Crippen LogP contribution >= 0.6 is 62.4 Å². The van der Waals surface area contributed by atoms with Crippen LogP contribution in [0.4, 0.5) is 0 Å². The summed E-state index contributed by atoms with van der Waals surface area (Å²) in [4.78, 5) is 1.46. The van der Waals surface area contributed by atoms with E-state index in [1.54, 1.807) is 0 Å². The molecule has 1 aliphatic heterocycles. The van der Waals surface area contributed by atoms with Crippen LogP contribution in [0.2, 0.25) is 0 Å². The Kier molecular flexibility index (Phi) is 3.20. The van der Waals surface area contributed by atoms with E-state index < -0.39 is 0 Å². The highest BCUT2D eigenvalue weighted by atomic mass is 33.8. The van der Waals surface area contributed by atoms with Crippen molar-refractivity contribution in [1.82, 2.24) is 0 Å². The highest BCUT2D eigenvalue weighted by molar-refractivity contribution is 9.36. The van der Waals surface area contributed by atoms with Gasteiger partial charge in [0.25, 0.3) is 0 Å². The van der Waals surface area contributed by atoms with Crippen molar-refractivity contribution in [2.75, 3.05) is 0 Å². The largest absolute Gasteiger partial charge is 0.127 e. The molecule has 6 heteroatoms. The van der Waals surface area contributed by atoms with E-state index in [1.807, 2.05) is 62.4 Å². The maximum atomic E-state index is 2.22. The number of benzene rings is 1. The molecule has 0 saturated carbocycles. The van der Waals surface area contributed by atoms with E-state index in [4.69, 9.17) is 0 Å². The molecule has 0 atom stereocenters. The highest BCUT2D eigenvalue weighted by Gasteiger charge is 2.16. The molecular weight excluding hydrogens is 288 g/mol. The zero-order valence-corrected chi connectivity index (χ0v) is 11.7. The lowest BCUT2D eigenvalue weighted by Gasteiger charge is -1.93. The van der Waals surface area contributed by atoms with Crippen molar-refractivity contribution < 1.29 is 0 Å². The van der Waals surface area contributed by atoms with Gasteiger partial charge in [0, 0.05) is 10.1 Å². The molecule has 0 N–H and O–H groups in total. The van der Waals surface area contributed by atoms with Gasteiger partial charge < -0.3 is 0 Å². The summed E-state index contributed by atoms with van der Waals surface area (Å²) in [5.74, 6) is 0. The quantitative estimate of drug-likeness (QED) is 0.548. The molecule has 0 bridgehead atoms. The fourth-order valence-electron chi connectivity index (χ4n) is 1.24. The van der Waals surface area contributed by atoms with Gasteiger partial charge in [0.2, 0.25) is 0 Å². The average molecular weight is 293 g/mol. The molecule has 0 saturated heterocycles. The number of hydrogen-bond acceptors (Lipinski definition) is 6. The molecular formula is C8H4S6. The lowest BCUT2D eigenvalue weighted by Crippen LogP contribution is -1.64. The van der Waals surface area contributed by atoms with Crippen molar-refractivity contribution in [3.05, 3.63) is 24.3 Å². The Hall–Kier alpha value is 0.930. The minimum absolute atomic E-state index is 1.41. The molecule has 1 aromatic carbocycles. The normalized spacial score (nSPS) is 16.6. The predicted octanol–water partition coefficient (Wildman–Crippen LogP) is 5.96. The second-order valence-corrected chi connectivity index (χ2v) is 11.4. The Morgan fingerprint density at radius 1 is 0.857 bits per heavy atom. The summed E-state index contributed by atoms with van der Waals surface area (Å²) in [5, 5.41) is 1.42. The Morgan fingerprint density at radius 2 is 1.71 bits per heavy atom. The molecule has 0 aliphatic carbocycles. The number of thiophene rings is 1. The molecule has 2 aromatic rings. The molecule has 2 heterocycles. The molecule has 0 unspecified atom stereocenters. The monoisotopic (exact) mass is 292 g/mol. The van der Waals surface area contributed by atoms with Gasteiger partial charge in [0.05, 0.1) is 9.10 Å². The van der Waals surface area contributed by atoms with Crippen LogP contribution < -0.4 is 0 Å². The molecule has 1 aromatic heterocycles. The minimum Gasteiger partial charge on any atom is -0.127 e. The van der Waals surface area contributed by atoms with Gasteiger partial charge in [0.15, 0.2) is 0 Å². The third-order valence-corrected chi connectivity index (χ3v) is 12.0. The van der Waals surface area contributed by atoms with Gasteiger partial charge in [-0.3, -0.25) is 0 Å². The van der Waals surface area contributed by atoms with Gasteiger partial charge in [-0.2, -0.15) is 0 Å². The lowest BCUT2D eigenvalue weighted by atomic mass is 10.3. The van der Waals surface area contributed by atoms with E-state index >= 15 is 0 Å². The van der Waals surface area contributed by atoms with E-state index in [1.165, 1.54) is 19.2 Å². The van der Waals surface area contributed by atoms with Crippen molar-refractivity contribution in [2.24, 2.45) is 0 Å². The first-order chi connectivity index (χ1) is 6.95. The SMILES string of the molecule is c1ccc2c3c(sc2c1)SSSSS3. The van der Waals surface area contributed by atoms with E-state index in [0.29, 0.717) is 0 Å². The topological polar surface area (TPSA) is 0 Å². The van der Waals surface area contributed by atoms with Crippen LogP contribution in [0.1, 0.15) is 0 Å². The molecule has 0 amide bonds. The molecule has 14 heavy (non-hydrogen) atoms. The van der Waals surface area contributed by atoms with Crippen LogP contribution in [0, 0.1) is 0 Å². The fourth-order valence-corrected chi connectivity index (χ4v) is 12.5. The second kappa shape index (κ2) is 4.43. The molecule has 72 valence electrons. The third kappa shape index (κ3) is 1.81. The van der Waals surface area contributed by atoms with Crippen molar-refractivity contribution in [3.8, 4) is 0 Å². The molecule has 3 rings (SSSR count). The smallest absolute Gasteiger partial charge is 0.0872 e. The van der Waals surface area contributed by atoms with E-state index in [9.17, 15) is 0 Å². The highest BCUT2D eigenvalue weighted by Crippen LogP contribution is 2.62. The number of fused-ring (bicyclic) bond motifs is 3. The Labute approximate surface area is 105 Å². The molecule has 0 fully saturated rings. The summed E-state index contributed by atoms with van der Waals surface area (Å²) < 4.78 is 2.87. The Bertz CT molecular complexity index is 462. The first kappa shape index (κ1) is 10.1.